The van der Waals surface area contributed by atoms with E-state index in [4.69, 9.17) is 0 Å². The lowest BCUT2D eigenvalue weighted by atomic mass is 10.0. The Bertz CT molecular complexity index is 1300. The van der Waals surface area contributed by atoms with Gasteiger partial charge in [-0.1, -0.05) is 0 Å². The highest BCUT2D eigenvalue weighted by Crippen LogP contribution is 2.47. The highest BCUT2D eigenvalue weighted by Gasteiger charge is 2.57. The largest absolute Gasteiger partial charge is 0.371 e. The number of hydrogen-bond donors (Lipinski definition) is 1. The maximum Gasteiger partial charge on any atom is 0.306 e. The Kier molecular flexibility index (Phi) is 5.84. The molecule has 1 atom stereocenters. The van der Waals surface area contributed by atoms with Gasteiger partial charge >= 0.3 is 10.2 Å². The van der Waals surface area contributed by atoms with E-state index in [1.165, 1.54) is 12.6 Å². The number of nitrogens with one attached hydrogen (secondary N) is 1. The molecule has 4 heterocycles. The summed E-state index contributed by atoms with van der Waals surface area (Å²) in [5.41, 5.74) is 1.59. The van der Waals surface area contributed by atoms with E-state index in [0.717, 1.165) is 34.3 Å². The average molecular weight is 512 g/mol. The maximum atomic E-state index is 13.7. The van der Waals surface area contributed by atoms with Crippen LogP contribution in [-0.4, -0.2) is 90.5 Å². The maximum absolute atomic E-state index is 13.7. The van der Waals surface area contributed by atoms with Crippen LogP contribution in [0, 0.1) is 5.92 Å². The van der Waals surface area contributed by atoms with Gasteiger partial charge in [-0.25, -0.2) is 12.7 Å². The second kappa shape index (κ2) is 8.34. The first-order valence-corrected chi connectivity index (χ1v) is 15.2. The van der Waals surface area contributed by atoms with Crippen molar-refractivity contribution >= 4 is 31.7 Å². The molecule has 12 heteroatoms. The second-order valence-electron chi connectivity index (χ2n) is 10.2. The first-order chi connectivity index (χ1) is 16.0. The van der Waals surface area contributed by atoms with Gasteiger partial charge in [0.1, 0.15) is 15.3 Å². The standard InChI is InChI=1S/C22H33N5O5S2/c1-16-13-20(19-3-8-23-21(19)24-16)25-9-10-27(22(15-25)6-7-22)34(31,32)26(17(2)28)14-18-4-11-33(29,30)12-5-18/h3,8,16,18H,4-7,9-15H2,1-2H3,(H,23,24). The van der Waals surface area contributed by atoms with E-state index < -0.39 is 31.5 Å². The normalized spacial score (nSPS) is 26.7. The first-order valence-electron chi connectivity index (χ1n) is 12.0. The zero-order chi connectivity index (χ0) is 24.3. The fourth-order valence-electron chi connectivity index (χ4n) is 5.62. The lowest BCUT2D eigenvalue weighted by Gasteiger charge is -2.45. The SMILES string of the molecule is CC(=O)N(CC1CCS(=O)(=O)CC1)S(=O)(=O)N1CCN(C2=c3cc[nH]c3=NC(C)C2)CC12CC2. The molecule has 3 fully saturated rings. The minimum absolute atomic E-state index is 0.0482. The van der Waals surface area contributed by atoms with Crippen molar-refractivity contribution in [1.29, 1.82) is 0 Å². The molecule has 3 aliphatic heterocycles. The van der Waals surface area contributed by atoms with Gasteiger partial charge in [-0.3, -0.25) is 9.79 Å². The van der Waals surface area contributed by atoms with E-state index in [9.17, 15) is 21.6 Å². The number of sulfone groups is 1. The number of rotatable bonds is 5. The molecule has 188 valence electrons. The van der Waals surface area contributed by atoms with E-state index in [-0.39, 0.29) is 30.0 Å². The number of carbonyl (C=O) groups excluding carboxylic acids is 1. The van der Waals surface area contributed by atoms with E-state index in [1.807, 2.05) is 12.3 Å². The van der Waals surface area contributed by atoms with Gasteiger partial charge in [-0.15, -0.1) is 0 Å². The Labute approximate surface area is 200 Å². The molecule has 2 saturated heterocycles. The van der Waals surface area contributed by atoms with E-state index in [0.29, 0.717) is 32.5 Å². The lowest BCUT2D eigenvalue weighted by molar-refractivity contribution is -0.125. The van der Waals surface area contributed by atoms with Crippen LogP contribution in [0.3, 0.4) is 0 Å². The topological polar surface area (TPSA) is 123 Å². The lowest BCUT2D eigenvalue weighted by Crippen LogP contribution is -2.61. The monoisotopic (exact) mass is 511 g/mol. The number of piperazine rings is 1. The zero-order valence-corrected chi connectivity index (χ0v) is 21.4. The summed E-state index contributed by atoms with van der Waals surface area (Å²) >= 11 is 0. The number of H-pyrrole nitrogens is 1. The molecule has 1 N–H and O–H groups in total. The summed E-state index contributed by atoms with van der Waals surface area (Å²) < 4.78 is 53.6. The van der Waals surface area contributed by atoms with Crippen molar-refractivity contribution in [2.45, 2.75) is 57.5 Å². The Morgan fingerprint density at radius 2 is 1.97 bits per heavy atom. The molecule has 5 rings (SSSR count). The predicted octanol–water partition coefficient (Wildman–Crippen LogP) is -0.397. The molecule has 10 nitrogen and oxygen atoms in total. The van der Waals surface area contributed by atoms with Gasteiger partial charge in [-0.05, 0) is 44.6 Å². The van der Waals surface area contributed by atoms with Gasteiger partial charge in [0, 0.05) is 56.6 Å². The van der Waals surface area contributed by atoms with Crippen molar-refractivity contribution in [2.24, 2.45) is 10.9 Å². The molecule has 34 heavy (non-hydrogen) atoms. The van der Waals surface area contributed by atoms with Crippen molar-refractivity contribution in [3.8, 4) is 0 Å². The smallest absolute Gasteiger partial charge is 0.306 e. The molecule has 1 spiro atoms. The summed E-state index contributed by atoms with van der Waals surface area (Å²) in [5.74, 6) is -0.540. The molecular weight excluding hydrogens is 478 g/mol. The first kappa shape index (κ1) is 23.8. The van der Waals surface area contributed by atoms with E-state index in [2.05, 4.69) is 21.8 Å². The summed E-state index contributed by atoms with van der Waals surface area (Å²) in [6, 6.07) is 2.19. The van der Waals surface area contributed by atoms with Gasteiger partial charge in [0.15, 0.2) is 0 Å². The van der Waals surface area contributed by atoms with Gasteiger partial charge in [0.05, 0.1) is 23.1 Å². The molecular formula is C22H33N5O5S2. The van der Waals surface area contributed by atoms with Gasteiger partial charge in [-0.2, -0.15) is 12.7 Å². The second-order valence-corrected chi connectivity index (χ2v) is 14.3. The number of nitrogens with zero attached hydrogens (tertiary/aromatic N) is 4. The third kappa shape index (κ3) is 4.28. The van der Waals surface area contributed by atoms with Crippen LogP contribution >= 0.6 is 0 Å². The fraction of sp³-hybridized carbons (Fsp3) is 0.727. The van der Waals surface area contributed by atoms with Crippen LogP contribution in [0.2, 0.25) is 0 Å². The number of fused-ring (bicyclic) bond motifs is 1. The van der Waals surface area contributed by atoms with Crippen molar-refractivity contribution in [3.05, 3.63) is 23.0 Å². The van der Waals surface area contributed by atoms with Crippen LogP contribution in [0.1, 0.15) is 46.0 Å². The molecule has 1 aromatic rings. The zero-order valence-electron chi connectivity index (χ0n) is 19.7. The predicted molar refractivity (Wildman–Crippen MR) is 127 cm³/mol. The van der Waals surface area contributed by atoms with Crippen LogP contribution in [0.25, 0.3) is 5.70 Å². The molecule has 0 bridgehead atoms. The average Bonchev–Trinajstić information content (AvgIpc) is 3.34. The molecule has 0 radical (unpaired) electrons. The van der Waals surface area contributed by atoms with Crippen LogP contribution in [-0.2, 0) is 24.8 Å². The molecule has 1 aromatic heterocycles. The van der Waals surface area contributed by atoms with Gasteiger partial charge in [0.25, 0.3) is 0 Å². The summed E-state index contributed by atoms with van der Waals surface area (Å²) in [5, 5.41) is 1.09. The molecule has 0 aromatic carbocycles. The molecule has 1 unspecified atom stereocenters. The molecule has 1 aliphatic carbocycles. The van der Waals surface area contributed by atoms with Crippen molar-refractivity contribution in [2.75, 3.05) is 37.7 Å². The van der Waals surface area contributed by atoms with E-state index in [1.54, 1.807) is 4.31 Å². The number of hydrogen-bond acceptors (Lipinski definition) is 7. The number of aromatic amines is 1. The summed E-state index contributed by atoms with van der Waals surface area (Å²) in [4.78, 5) is 22.7. The Balaban J connectivity index is 1.37. The van der Waals surface area contributed by atoms with Crippen LogP contribution in [0.5, 0.6) is 0 Å². The van der Waals surface area contributed by atoms with Crippen LogP contribution < -0.4 is 10.7 Å². The minimum atomic E-state index is -4.00. The number of amides is 1. The number of aromatic nitrogens is 1. The van der Waals surface area contributed by atoms with E-state index >= 15 is 0 Å². The Morgan fingerprint density at radius 1 is 1.26 bits per heavy atom. The Morgan fingerprint density at radius 3 is 2.62 bits per heavy atom. The van der Waals surface area contributed by atoms with Crippen molar-refractivity contribution in [1.82, 2.24) is 18.5 Å². The highest BCUT2D eigenvalue weighted by molar-refractivity contribution is 7.91. The molecule has 1 saturated carbocycles. The minimum Gasteiger partial charge on any atom is -0.371 e. The summed E-state index contributed by atoms with van der Waals surface area (Å²) in [6.45, 7) is 4.89. The van der Waals surface area contributed by atoms with Crippen LogP contribution in [0.4, 0.5) is 0 Å². The summed E-state index contributed by atoms with van der Waals surface area (Å²) in [6.07, 6.45) is 5.02. The van der Waals surface area contributed by atoms with Crippen LogP contribution in [0.15, 0.2) is 17.3 Å². The fourth-order valence-corrected chi connectivity index (χ4v) is 9.21. The van der Waals surface area contributed by atoms with Crippen molar-refractivity contribution < 1.29 is 21.6 Å². The number of carbonyl (C=O) groups is 1. The van der Waals surface area contributed by atoms with Gasteiger partial charge in [0.2, 0.25) is 5.91 Å². The summed E-state index contributed by atoms with van der Waals surface area (Å²) in [7, 11) is -7.06. The van der Waals surface area contributed by atoms with Gasteiger partial charge < -0.3 is 9.88 Å². The quantitative estimate of drug-likeness (QED) is 0.574. The molecule has 4 aliphatic rings. The third-order valence-electron chi connectivity index (χ3n) is 7.68. The van der Waals surface area contributed by atoms with Crippen molar-refractivity contribution in [3.63, 3.8) is 0 Å². The third-order valence-corrected chi connectivity index (χ3v) is 11.5. The Hall–Kier alpha value is -1.92. The molecule has 1 amide bonds. The highest BCUT2D eigenvalue weighted by atomic mass is 32.2.